The Morgan fingerprint density at radius 3 is 2.72 bits per heavy atom. The van der Waals surface area contributed by atoms with Crippen molar-refractivity contribution in [2.45, 2.75) is 65.3 Å². The minimum atomic E-state index is 0.278. The molecule has 1 N–H and O–H groups in total. The summed E-state index contributed by atoms with van der Waals surface area (Å²) in [6.07, 6.45) is 11.9. The number of ether oxygens (including phenoxy) is 2. The number of aromatic nitrogens is 3. The van der Waals surface area contributed by atoms with Crippen molar-refractivity contribution in [3.8, 4) is 28.7 Å². The molecule has 5 aromatic rings. The van der Waals surface area contributed by atoms with Gasteiger partial charge in [0.05, 0.1) is 33.5 Å². The molecule has 8 nitrogen and oxygen atoms in total. The lowest BCUT2D eigenvalue weighted by Gasteiger charge is -2.33. The minimum Gasteiger partial charge on any atom is -0.488 e. The molecule has 0 saturated carbocycles. The monoisotopic (exact) mass is 684 g/mol. The van der Waals surface area contributed by atoms with E-state index in [-0.39, 0.29) is 6.61 Å². The van der Waals surface area contributed by atoms with E-state index in [9.17, 15) is 5.26 Å². The maximum atomic E-state index is 9.34. The second-order valence-electron chi connectivity index (χ2n) is 13.2. The molecular weight excluding hydrogens is 644 g/mol. The topological polar surface area (TPSA) is 96.2 Å². The van der Waals surface area contributed by atoms with Crippen LogP contribution in [-0.2, 0) is 19.8 Å². The number of nitriles is 1. The molecule has 9 heteroatoms. The number of hydrogen-bond donors (Lipinski definition) is 1. The Bertz CT molecular complexity index is 2090. The highest BCUT2D eigenvalue weighted by Crippen LogP contribution is 2.36. The number of fused-ring (bicyclic) bond motifs is 1. The largest absolute Gasteiger partial charge is 0.488 e. The highest BCUT2D eigenvalue weighted by atomic mass is 35.5. The number of nitrogens with one attached hydrogen (secondary N) is 1. The first-order chi connectivity index (χ1) is 24.4. The molecular formula is C41H41ClN6O2. The van der Waals surface area contributed by atoms with Crippen LogP contribution in [0.3, 0.4) is 0 Å². The molecule has 0 spiro atoms. The average molecular weight is 685 g/mol. The van der Waals surface area contributed by atoms with Crippen molar-refractivity contribution in [3.63, 3.8) is 0 Å². The zero-order valence-corrected chi connectivity index (χ0v) is 29.3. The van der Waals surface area contributed by atoms with E-state index in [4.69, 9.17) is 31.0 Å². The molecule has 0 amide bonds. The predicted octanol–water partition coefficient (Wildman–Crippen LogP) is 8.43. The first-order valence-electron chi connectivity index (χ1n) is 17.4. The second-order valence-corrected chi connectivity index (χ2v) is 13.6. The van der Waals surface area contributed by atoms with Crippen LogP contribution in [0.4, 0.5) is 0 Å². The Hall–Kier alpha value is -4.81. The molecule has 2 aromatic heterocycles. The van der Waals surface area contributed by atoms with Crippen LogP contribution in [0.25, 0.3) is 27.7 Å². The lowest BCUT2D eigenvalue weighted by molar-refractivity contribution is 0.150. The number of likely N-dealkylation sites (tertiary alicyclic amines) is 1. The molecule has 3 aromatic carbocycles. The third-order valence-electron chi connectivity index (χ3n) is 9.82. The van der Waals surface area contributed by atoms with Crippen molar-refractivity contribution in [2.75, 3.05) is 19.6 Å². The van der Waals surface area contributed by atoms with E-state index in [0.717, 1.165) is 82.7 Å². The van der Waals surface area contributed by atoms with Gasteiger partial charge in [-0.25, -0.2) is 4.98 Å². The van der Waals surface area contributed by atoms with Gasteiger partial charge in [0, 0.05) is 48.7 Å². The Morgan fingerprint density at radius 1 is 0.980 bits per heavy atom. The smallest absolute Gasteiger partial charge is 0.142 e. The van der Waals surface area contributed by atoms with Gasteiger partial charge in [-0.05, 0) is 98.3 Å². The van der Waals surface area contributed by atoms with Gasteiger partial charge in [0.1, 0.15) is 30.8 Å². The number of hydrogen-bond acceptors (Lipinski definition) is 8. The Morgan fingerprint density at radius 2 is 1.88 bits per heavy atom. The molecule has 1 fully saturated rings. The maximum Gasteiger partial charge on any atom is 0.142 e. The molecule has 0 radical (unpaired) electrons. The SMILES string of the molecule is Cc1c(COc2cc(OCc3cncc(C#N)c3)c(CN3CCCC[C@H]3C)cc2Cl)cccc1-c1ccc2ncc(C3=CCNCC3)nc2c1. The predicted molar refractivity (Wildman–Crippen MR) is 198 cm³/mol. The van der Waals surface area contributed by atoms with E-state index in [1.54, 1.807) is 18.5 Å². The van der Waals surface area contributed by atoms with Crippen LogP contribution in [0, 0.1) is 18.3 Å². The number of piperidine rings is 1. The van der Waals surface area contributed by atoms with Crippen molar-refractivity contribution >= 4 is 28.2 Å². The summed E-state index contributed by atoms with van der Waals surface area (Å²) in [5.74, 6) is 1.28. The van der Waals surface area contributed by atoms with E-state index in [2.05, 4.69) is 71.5 Å². The summed E-state index contributed by atoms with van der Waals surface area (Å²) in [4.78, 5) is 16.4. The lowest BCUT2D eigenvalue weighted by atomic mass is 9.96. The second kappa shape index (κ2) is 15.4. The lowest BCUT2D eigenvalue weighted by Crippen LogP contribution is -2.36. The summed E-state index contributed by atoms with van der Waals surface area (Å²) in [6, 6.07) is 20.9. The van der Waals surface area contributed by atoms with Crippen LogP contribution < -0.4 is 14.8 Å². The maximum absolute atomic E-state index is 9.34. The number of halogens is 1. The zero-order chi connectivity index (χ0) is 34.5. The zero-order valence-electron chi connectivity index (χ0n) is 28.6. The van der Waals surface area contributed by atoms with Gasteiger partial charge in [-0.3, -0.25) is 14.9 Å². The molecule has 1 saturated heterocycles. The first-order valence-corrected chi connectivity index (χ1v) is 17.7. The van der Waals surface area contributed by atoms with Crippen molar-refractivity contribution in [2.24, 2.45) is 0 Å². The number of pyridine rings is 1. The van der Waals surface area contributed by atoms with Crippen molar-refractivity contribution in [1.82, 2.24) is 25.2 Å². The Balaban J connectivity index is 1.13. The molecule has 0 unspecified atom stereocenters. The van der Waals surface area contributed by atoms with Crippen LogP contribution in [0.2, 0.25) is 5.02 Å². The fourth-order valence-electron chi connectivity index (χ4n) is 6.84. The summed E-state index contributed by atoms with van der Waals surface area (Å²) >= 11 is 6.90. The third kappa shape index (κ3) is 7.66. The molecule has 0 aliphatic carbocycles. The number of rotatable bonds is 10. The fourth-order valence-corrected chi connectivity index (χ4v) is 7.08. The molecule has 0 bridgehead atoms. The quantitative estimate of drug-likeness (QED) is 0.157. The normalized spacial score (nSPS) is 16.5. The average Bonchev–Trinajstić information content (AvgIpc) is 3.15. The van der Waals surface area contributed by atoms with Gasteiger partial charge in [0.25, 0.3) is 0 Å². The molecule has 2 aliphatic rings. The van der Waals surface area contributed by atoms with Gasteiger partial charge in [0.2, 0.25) is 0 Å². The molecule has 50 heavy (non-hydrogen) atoms. The number of benzene rings is 3. The standard InChI is InChI=1S/C41H41ClN6O2/c1-27-6-3-4-15-48(27)24-34-17-36(42)41(19-40(34)49-25-30-16-29(20-43)21-45-22-30)50-26-33-7-5-8-35(28(33)2)32-9-10-37-38(18-32)47-39(23-46-37)31-11-13-44-14-12-31/h5,7-11,16-19,21-23,27,44H,3-4,6,12-15,24-26H2,1-2H3/t27-/m1/s1. The molecule has 2 aliphatic heterocycles. The molecule has 1 atom stereocenters. The van der Waals surface area contributed by atoms with Crippen LogP contribution in [-0.4, -0.2) is 45.5 Å². The van der Waals surface area contributed by atoms with Gasteiger partial charge in [-0.2, -0.15) is 5.26 Å². The Kier molecular flexibility index (Phi) is 10.4. The van der Waals surface area contributed by atoms with Crippen molar-refractivity contribution in [3.05, 3.63) is 118 Å². The molecule has 7 rings (SSSR count). The van der Waals surface area contributed by atoms with Gasteiger partial charge < -0.3 is 14.8 Å². The summed E-state index contributed by atoms with van der Waals surface area (Å²) in [5, 5.41) is 13.3. The van der Waals surface area contributed by atoms with Crippen molar-refractivity contribution < 1.29 is 9.47 Å². The summed E-state index contributed by atoms with van der Waals surface area (Å²) in [5.41, 5.74) is 10.7. The summed E-state index contributed by atoms with van der Waals surface area (Å²) < 4.78 is 12.8. The molecule has 4 heterocycles. The van der Waals surface area contributed by atoms with E-state index >= 15 is 0 Å². The fraction of sp³-hybridized carbons (Fsp3) is 0.317. The van der Waals surface area contributed by atoms with Crippen LogP contribution in [0.5, 0.6) is 11.5 Å². The number of nitrogens with zero attached hydrogens (tertiary/aromatic N) is 5. The van der Waals surface area contributed by atoms with Crippen LogP contribution >= 0.6 is 11.6 Å². The van der Waals surface area contributed by atoms with Gasteiger partial charge in [-0.1, -0.05) is 48.4 Å². The minimum absolute atomic E-state index is 0.278. The molecule has 254 valence electrons. The van der Waals surface area contributed by atoms with Gasteiger partial charge >= 0.3 is 0 Å². The van der Waals surface area contributed by atoms with Gasteiger partial charge in [-0.15, -0.1) is 0 Å². The highest BCUT2D eigenvalue weighted by Gasteiger charge is 2.22. The van der Waals surface area contributed by atoms with Crippen LogP contribution in [0.15, 0.2) is 79.3 Å². The van der Waals surface area contributed by atoms with E-state index in [1.165, 1.54) is 24.8 Å². The first kappa shape index (κ1) is 33.7. The summed E-state index contributed by atoms with van der Waals surface area (Å²) in [7, 11) is 0. The van der Waals surface area contributed by atoms with Crippen molar-refractivity contribution in [1.29, 1.82) is 5.26 Å². The van der Waals surface area contributed by atoms with Crippen LogP contribution in [0.1, 0.15) is 66.1 Å². The van der Waals surface area contributed by atoms with E-state index in [1.807, 2.05) is 24.4 Å². The van der Waals surface area contributed by atoms with E-state index < -0.39 is 0 Å². The van der Waals surface area contributed by atoms with Gasteiger partial charge in [0.15, 0.2) is 0 Å². The van der Waals surface area contributed by atoms with E-state index in [0.29, 0.717) is 34.7 Å². The summed E-state index contributed by atoms with van der Waals surface area (Å²) in [6.45, 7) is 8.63. The Labute approximate surface area is 298 Å². The third-order valence-corrected chi connectivity index (χ3v) is 10.1. The highest BCUT2D eigenvalue weighted by molar-refractivity contribution is 6.32.